The standard InChI is InChI=1S/C24H19N3O2S2/c28-17-11-9-16(10-12-17)27-23(22(26-24(27)30)19-8-4-5-15-25-19)20-13-14-21(29-20)31-18-6-2-1-3-7-18/h1-15,22-23,28H,(H,26,30)/t22-,23-/m0/s1. The SMILES string of the molecule is Oc1ccc(N2C(=S)N[C@@H](c3ccccn3)[C@@H]2c2ccc(Sc3ccccc3)o2)cc1. The van der Waals surface area contributed by atoms with Crippen molar-refractivity contribution in [1.29, 1.82) is 0 Å². The lowest BCUT2D eigenvalue weighted by atomic mass is 10.0. The Labute approximate surface area is 189 Å². The third-order valence-electron chi connectivity index (χ3n) is 5.08. The summed E-state index contributed by atoms with van der Waals surface area (Å²) in [7, 11) is 0. The van der Waals surface area contributed by atoms with Gasteiger partial charge in [-0.2, -0.15) is 0 Å². The molecule has 5 nitrogen and oxygen atoms in total. The summed E-state index contributed by atoms with van der Waals surface area (Å²) in [4.78, 5) is 7.68. The molecule has 154 valence electrons. The third kappa shape index (κ3) is 4.02. The highest BCUT2D eigenvalue weighted by Crippen LogP contribution is 2.43. The maximum atomic E-state index is 9.72. The summed E-state index contributed by atoms with van der Waals surface area (Å²) in [5.74, 6) is 0.994. The van der Waals surface area contributed by atoms with Crippen LogP contribution in [0.1, 0.15) is 23.5 Å². The molecule has 0 unspecified atom stereocenters. The van der Waals surface area contributed by atoms with Crippen LogP contribution in [-0.4, -0.2) is 15.2 Å². The Morgan fingerprint density at radius 1 is 0.935 bits per heavy atom. The number of aromatic hydroxyl groups is 1. The molecule has 0 saturated carbocycles. The van der Waals surface area contributed by atoms with E-state index in [4.69, 9.17) is 16.6 Å². The van der Waals surface area contributed by atoms with Crippen LogP contribution in [0.3, 0.4) is 0 Å². The van der Waals surface area contributed by atoms with Gasteiger partial charge in [-0.25, -0.2) is 0 Å². The highest BCUT2D eigenvalue weighted by atomic mass is 32.2. The number of thiocarbonyl (C=S) groups is 1. The van der Waals surface area contributed by atoms with Crippen LogP contribution in [-0.2, 0) is 0 Å². The maximum absolute atomic E-state index is 9.72. The molecular formula is C24H19N3O2S2. The molecule has 0 radical (unpaired) electrons. The van der Waals surface area contributed by atoms with E-state index in [0.717, 1.165) is 27.1 Å². The Balaban J connectivity index is 1.53. The van der Waals surface area contributed by atoms with E-state index in [1.807, 2.05) is 65.6 Å². The number of phenols is 1. The Bertz CT molecular complexity index is 1180. The number of nitrogens with one attached hydrogen (secondary N) is 1. The molecule has 31 heavy (non-hydrogen) atoms. The van der Waals surface area contributed by atoms with Gasteiger partial charge in [0.2, 0.25) is 0 Å². The normalized spacial score (nSPS) is 18.2. The second-order valence-electron chi connectivity index (χ2n) is 7.08. The molecule has 0 spiro atoms. The summed E-state index contributed by atoms with van der Waals surface area (Å²) in [6.07, 6.45) is 1.78. The zero-order valence-corrected chi connectivity index (χ0v) is 18.0. The fourth-order valence-corrected chi connectivity index (χ4v) is 4.83. The van der Waals surface area contributed by atoms with Crippen molar-refractivity contribution in [2.45, 2.75) is 22.1 Å². The Kier molecular flexibility index (Phi) is 5.36. The van der Waals surface area contributed by atoms with Crippen LogP contribution in [0.2, 0.25) is 0 Å². The quantitative estimate of drug-likeness (QED) is 0.382. The minimum atomic E-state index is -0.225. The van der Waals surface area contributed by atoms with Crippen molar-refractivity contribution in [2.24, 2.45) is 0 Å². The Morgan fingerprint density at radius 2 is 1.71 bits per heavy atom. The minimum absolute atomic E-state index is 0.178. The van der Waals surface area contributed by atoms with Gasteiger partial charge in [0, 0.05) is 16.8 Å². The van der Waals surface area contributed by atoms with Crippen molar-refractivity contribution in [3.05, 3.63) is 103 Å². The van der Waals surface area contributed by atoms with Crippen LogP contribution < -0.4 is 10.2 Å². The summed E-state index contributed by atoms with van der Waals surface area (Å²) >= 11 is 7.28. The number of hydrogen-bond acceptors (Lipinski definition) is 5. The summed E-state index contributed by atoms with van der Waals surface area (Å²) < 4.78 is 6.29. The number of anilines is 1. The van der Waals surface area contributed by atoms with Gasteiger partial charge in [0.05, 0.1) is 11.7 Å². The van der Waals surface area contributed by atoms with Crippen molar-refractivity contribution >= 4 is 34.8 Å². The number of hydrogen-bond donors (Lipinski definition) is 2. The number of benzene rings is 2. The molecule has 2 N–H and O–H groups in total. The lowest BCUT2D eigenvalue weighted by Gasteiger charge is -2.26. The fourth-order valence-electron chi connectivity index (χ4n) is 3.69. The van der Waals surface area contributed by atoms with Crippen molar-refractivity contribution in [1.82, 2.24) is 10.3 Å². The molecule has 2 atom stereocenters. The number of nitrogens with zero attached hydrogens (tertiary/aromatic N) is 2. The Morgan fingerprint density at radius 3 is 2.45 bits per heavy atom. The summed E-state index contributed by atoms with van der Waals surface area (Å²) in [6.45, 7) is 0. The molecule has 0 amide bonds. The summed E-state index contributed by atoms with van der Waals surface area (Å²) in [5.41, 5.74) is 1.75. The van der Waals surface area contributed by atoms with Crippen molar-refractivity contribution in [3.8, 4) is 5.75 Å². The molecule has 2 aromatic carbocycles. The number of rotatable bonds is 5. The monoisotopic (exact) mass is 445 g/mol. The first kappa shape index (κ1) is 19.7. The maximum Gasteiger partial charge on any atom is 0.174 e. The largest absolute Gasteiger partial charge is 0.508 e. The number of furan rings is 1. The summed E-state index contributed by atoms with van der Waals surface area (Å²) in [5, 5.41) is 14.5. The molecule has 1 saturated heterocycles. The smallest absolute Gasteiger partial charge is 0.174 e. The molecule has 2 aromatic heterocycles. The van der Waals surface area contributed by atoms with Gasteiger partial charge in [0.15, 0.2) is 10.2 Å². The van der Waals surface area contributed by atoms with Gasteiger partial charge in [-0.15, -0.1) is 0 Å². The number of phenolic OH excluding ortho intramolecular Hbond substituents is 1. The molecule has 0 bridgehead atoms. The average molecular weight is 446 g/mol. The van der Waals surface area contributed by atoms with Crippen molar-refractivity contribution in [2.75, 3.05) is 4.90 Å². The highest BCUT2D eigenvalue weighted by Gasteiger charge is 2.42. The van der Waals surface area contributed by atoms with Gasteiger partial charge < -0.3 is 19.7 Å². The molecule has 7 heteroatoms. The van der Waals surface area contributed by atoms with Crippen LogP contribution in [0, 0.1) is 0 Å². The zero-order valence-electron chi connectivity index (χ0n) is 16.4. The lowest BCUT2D eigenvalue weighted by Crippen LogP contribution is -2.29. The summed E-state index contributed by atoms with van der Waals surface area (Å²) in [6, 6.07) is 26.5. The van der Waals surface area contributed by atoms with E-state index < -0.39 is 0 Å². The van der Waals surface area contributed by atoms with Crippen LogP contribution in [0.5, 0.6) is 5.75 Å². The minimum Gasteiger partial charge on any atom is -0.508 e. The van der Waals surface area contributed by atoms with Crippen LogP contribution in [0.4, 0.5) is 5.69 Å². The van der Waals surface area contributed by atoms with Gasteiger partial charge in [-0.3, -0.25) is 4.98 Å². The number of aromatic nitrogens is 1. The van der Waals surface area contributed by atoms with E-state index in [9.17, 15) is 5.11 Å². The molecule has 1 fully saturated rings. The molecule has 3 heterocycles. The van der Waals surface area contributed by atoms with E-state index in [2.05, 4.69) is 22.4 Å². The lowest BCUT2D eigenvalue weighted by molar-refractivity contribution is 0.383. The van der Waals surface area contributed by atoms with Crippen LogP contribution >= 0.6 is 24.0 Å². The molecular weight excluding hydrogens is 426 g/mol. The predicted octanol–water partition coefficient (Wildman–Crippen LogP) is 5.71. The van der Waals surface area contributed by atoms with E-state index in [0.29, 0.717) is 5.11 Å². The molecule has 4 aromatic rings. The van der Waals surface area contributed by atoms with Gasteiger partial charge in [0.25, 0.3) is 0 Å². The van der Waals surface area contributed by atoms with Crippen molar-refractivity contribution < 1.29 is 9.52 Å². The molecule has 0 aliphatic carbocycles. The van der Waals surface area contributed by atoms with Gasteiger partial charge in [-0.1, -0.05) is 36.0 Å². The zero-order chi connectivity index (χ0) is 21.2. The fraction of sp³-hybridized carbons (Fsp3) is 0.0833. The van der Waals surface area contributed by atoms with E-state index in [1.165, 1.54) is 0 Å². The third-order valence-corrected chi connectivity index (χ3v) is 6.32. The highest BCUT2D eigenvalue weighted by molar-refractivity contribution is 7.99. The van der Waals surface area contributed by atoms with Gasteiger partial charge in [0.1, 0.15) is 17.6 Å². The first-order valence-corrected chi connectivity index (χ1v) is 11.0. The first-order valence-electron chi connectivity index (χ1n) is 9.81. The second kappa shape index (κ2) is 8.45. The van der Waals surface area contributed by atoms with E-state index >= 15 is 0 Å². The second-order valence-corrected chi connectivity index (χ2v) is 8.55. The number of pyridine rings is 1. The van der Waals surface area contributed by atoms with Crippen LogP contribution in [0.15, 0.2) is 106 Å². The predicted molar refractivity (Wildman–Crippen MR) is 125 cm³/mol. The first-order chi connectivity index (χ1) is 15.2. The van der Waals surface area contributed by atoms with Crippen molar-refractivity contribution in [3.63, 3.8) is 0 Å². The molecule has 5 rings (SSSR count). The van der Waals surface area contributed by atoms with Gasteiger partial charge in [-0.05, 0) is 72.9 Å². The molecule has 1 aliphatic heterocycles. The van der Waals surface area contributed by atoms with Crippen LogP contribution in [0.25, 0.3) is 0 Å². The Hall–Kier alpha value is -3.29. The average Bonchev–Trinajstić information content (AvgIpc) is 3.40. The molecule has 1 aliphatic rings. The topological polar surface area (TPSA) is 61.5 Å². The van der Waals surface area contributed by atoms with E-state index in [1.54, 1.807) is 30.1 Å². The van der Waals surface area contributed by atoms with Gasteiger partial charge >= 0.3 is 0 Å². The van der Waals surface area contributed by atoms with E-state index in [-0.39, 0.29) is 17.8 Å².